The van der Waals surface area contributed by atoms with Crippen LogP contribution in [-0.2, 0) is 11.2 Å². The maximum absolute atomic E-state index is 12.7. The summed E-state index contributed by atoms with van der Waals surface area (Å²) < 4.78 is 38.0. The zero-order chi connectivity index (χ0) is 17.0. The van der Waals surface area contributed by atoms with E-state index in [4.69, 9.17) is 11.6 Å². The van der Waals surface area contributed by atoms with Gasteiger partial charge in [-0.2, -0.15) is 13.2 Å². The van der Waals surface area contributed by atoms with Crippen molar-refractivity contribution in [3.8, 4) is 0 Å². The Morgan fingerprint density at radius 3 is 2.35 bits per heavy atom. The number of nitrogens with one attached hydrogen (secondary N) is 1. The van der Waals surface area contributed by atoms with E-state index in [1.54, 1.807) is 24.3 Å². The van der Waals surface area contributed by atoms with Crippen molar-refractivity contribution in [2.75, 3.05) is 5.32 Å². The molecule has 2 aromatic rings. The Morgan fingerprint density at radius 1 is 1.13 bits per heavy atom. The highest BCUT2D eigenvalue weighted by molar-refractivity contribution is 6.30. The van der Waals surface area contributed by atoms with Crippen molar-refractivity contribution in [1.29, 1.82) is 0 Å². The van der Waals surface area contributed by atoms with Gasteiger partial charge >= 0.3 is 6.18 Å². The molecule has 0 unspecified atom stereocenters. The average Bonchev–Trinajstić information content (AvgIpc) is 2.48. The lowest BCUT2D eigenvalue weighted by molar-refractivity contribution is -0.206. The van der Waals surface area contributed by atoms with E-state index in [1.807, 2.05) is 0 Å². The van der Waals surface area contributed by atoms with Crippen LogP contribution >= 0.6 is 11.6 Å². The summed E-state index contributed by atoms with van der Waals surface area (Å²) >= 11 is 5.74. The number of para-hydroxylation sites is 1. The molecule has 2 rings (SSSR count). The Hall–Kier alpha value is -2.05. The Bertz CT molecular complexity index is 686. The third-order valence-electron chi connectivity index (χ3n) is 3.12. The van der Waals surface area contributed by atoms with E-state index in [2.05, 4.69) is 5.32 Å². The summed E-state index contributed by atoms with van der Waals surface area (Å²) in [6.07, 6.45) is -7.49. The topological polar surface area (TPSA) is 49.3 Å². The van der Waals surface area contributed by atoms with Crippen molar-refractivity contribution >= 4 is 23.2 Å². The molecule has 0 aliphatic rings. The second kappa shape index (κ2) is 7.02. The smallest absolute Gasteiger partial charge is 0.379 e. The molecular weight excluding hydrogens is 331 g/mol. The quantitative estimate of drug-likeness (QED) is 0.877. The van der Waals surface area contributed by atoms with Crippen molar-refractivity contribution in [1.82, 2.24) is 0 Å². The second-order valence-corrected chi connectivity index (χ2v) is 5.32. The summed E-state index contributed by atoms with van der Waals surface area (Å²) in [6.45, 7) is 0. The van der Waals surface area contributed by atoms with Crippen molar-refractivity contribution in [2.45, 2.75) is 18.7 Å². The molecule has 0 spiro atoms. The molecule has 0 saturated heterocycles. The lowest BCUT2D eigenvalue weighted by Gasteiger charge is -2.18. The molecule has 2 N–H and O–H groups in total. The molecule has 0 bridgehead atoms. The monoisotopic (exact) mass is 343 g/mol. The summed E-state index contributed by atoms with van der Waals surface area (Å²) in [5, 5.41) is 12.3. The predicted molar refractivity (Wildman–Crippen MR) is 81.2 cm³/mol. The Labute approximate surface area is 135 Å². The first-order valence-electron chi connectivity index (χ1n) is 6.65. The van der Waals surface area contributed by atoms with E-state index in [-0.39, 0.29) is 12.1 Å². The molecule has 23 heavy (non-hydrogen) atoms. The number of halogens is 4. The summed E-state index contributed by atoms with van der Waals surface area (Å²) in [7, 11) is 0. The minimum atomic E-state index is -4.81. The van der Waals surface area contributed by atoms with Crippen LogP contribution in [0.25, 0.3) is 0 Å². The third-order valence-corrected chi connectivity index (χ3v) is 3.37. The number of alkyl halides is 3. The molecule has 0 fully saturated rings. The molecular formula is C16H13ClF3NO2. The van der Waals surface area contributed by atoms with Gasteiger partial charge in [0.2, 0.25) is 5.91 Å². The Balaban J connectivity index is 2.13. The molecule has 0 radical (unpaired) electrons. The molecule has 2 aromatic carbocycles. The highest BCUT2D eigenvalue weighted by atomic mass is 35.5. The number of amides is 1. The van der Waals surface area contributed by atoms with Gasteiger partial charge in [0.05, 0.1) is 6.42 Å². The van der Waals surface area contributed by atoms with Gasteiger partial charge in [-0.3, -0.25) is 4.79 Å². The number of carbonyl (C=O) groups excluding carboxylic acids is 1. The fourth-order valence-corrected chi connectivity index (χ4v) is 2.13. The SMILES string of the molecule is O=C(Cc1ccc(Cl)cc1)Nc1ccccc1[C@H](O)C(F)(F)F. The maximum Gasteiger partial charge on any atom is 0.418 e. The highest BCUT2D eigenvalue weighted by Gasteiger charge is 2.40. The van der Waals surface area contributed by atoms with Gasteiger partial charge in [-0.05, 0) is 23.8 Å². The van der Waals surface area contributed by atoms with Crippen LogP contribution in [-0.4, -0.2) is 17.2 Å². The molecule has 0 aromatic heterocycles. The summed E-state index contributed by atoms with van der Waals surface area (Å²) in [4.78, 5) is 12.0. The number of carbonyl (C=O) groups is 1. The normalized spacial score (nSPS) is 12.7. The second-order valence-electron chi connectivity index (χ2n) is 4.88. The largest absolute Gasteiger partial charge is 0.418 e. The molecule has 1 atom stereocenters. The number of aliphatic hydroxyl groups is 1. The minimum absolute atomic E-state index is 0.0202. The molecule has 122 valence electrons. The van der Waals surface area contributed by atoms with Crippen LogP contribution in [0.5, 0.6) is 0 Å². The summed E-state index contributed by atoms with van der Waals surface area (Å²) in [5.74, 6) is -0.492. The van der Waals surface area contributed by atoms with Gasteiger partial charge in [-0.15, -0.1) is 0 Å². The molecule has 0 aliphatic heterocycles. The number of rotatable bonds is 4. The minimum Gasteiger partial charge on any atom is -0.379 e. The van der Waals surface area contributed by atoms with Gasteiger partial charge in [0, 0.05) is 16.3 Å². The van der Waals surface area contributed by atoms with Gasteiger partial charge in [0.15, 0.2) is 6.10 Å². The molecule has 7 heteroatoms. The van der Waals surface area contributed by atoms with Gasteiger partial charge in [-0.25, -0.2) is 0 Å². The van der Waals surface area contributed by atoms with Crippen molar-refractivity contribution in [3.05, 3.63) is 64.7 Å². The zero-order valence-corrected chi connectivity index (χ0v) is 12.5. The highest BCUT2D eigenvalue weighted by Crippen LogP contribution is 2.35. The van der Waals surface area contributed by atoms with E-state index in [9.17, 15) is 23.1 Å². The average molecular weight is 344 g/mol. The van der Waals surface area contributed by atoms with Gasteiger partial charge < -0.3 is 10.4 Å². The van der Waals surface area contributed by atoms with Gasteiger partial charge in [-0.1, -0.05) is 41.9 Å². The van der Waals surface area contributed by atoms with Crippen molar-refractivity contribution < 1.29 is 23.1 Å². The zero-order valence-electron chi connectivity index (χ0n) is 11.8. The van der Waals surface area contributed by atoms with Crippen LogP contribution in [0.2, 0.25) is 5.02 Å². The van der Waals surface area contributed by atoms with Crippen LogP contribution in [0, 0.1) is 0 Å². The van der Waals surface area contributed by atoms with Crippen LogP contribution in [0.4, 0.5) is 18.9 Å². The first kappa shape index (κ1) is 17.3. The van der Waals surface area contributed by atoms with Gasteiger partial charge in [0.25, 0.3) is 0 Å². The van der Waals surface area contributed by atoms with Crippen LogP contribution in [0.15, 0.2) is 48.5 Å². The molecule has 1 amide bonds. The molecule has 0 saturated carbocycles. The van der Waals surface area contributed by atoms with Crippen LogP contribution < -0.4 is 5.32 Å². The fourth-order valence-electron chi connectivity index (χ4n) is 2.01. The standard InChI is InChI=1S/C16H13ClF3NO2/c17-11-7-5-10(6-8-11)9-14(22)21-13-4-2-1-3-12(13)15(23)16(18,19)20/h1-8,15,23H,9H2,(H,21,22)/t15-/m0/s1. The molecule has 0 heterocycles. The van der Waals surface area contributed by atoms with Crippen molar-refractivity contribution in [3.63, 3.8) is 0 Å². The number of aliphatic hydroxyl groups excluding tert-OH is 1. The maximum atomic E-state index is 12.7. The Kier molecular flexibility index (Phi) is 5.28. The van der Waals surface area contributed by atoms with E-state index in [0.717, 1.165) is 6.07 Å². The lowest BCUT2D eigenvalue weighted by atomic mass is 10.1. The summed E-state index contributed by atoms with van der Waals surface area (Å²) in [6, 6.07) is 11.8. The first-order chi connectivity index (χ1) is 10.8. The predicted octanol–water partition coefficient (Wildman–Crippen LogP) is 4.12. The van der Waals surface area contributed by atoms with Crippen LogP contribution in [0.3, 0.4) is 0 Å². The van der Waals surface area contributed by atoms with Crippen molar-refractivity contribution in [2.24, 2.45) is 0 Å². The summed E-state index contributed by atoms with van der Waals surface area (Å²) in [5.41, 5.74) is 0.196. The third kappa shape index (κ3) is 4.71. The lowest BCUT2D eigenvalue weighted by Crippen LogP contribution is -2.23. The van der Waals surface area contributed by atoms with E-state index >= 15 is 0 Å². The number of benzene rings is 2. The van der Waals surface area contributed by atoms with E-state index in [1.165, 1.54) is 18.2 Å². The number of anilines is 1. The van der Waals surface area contributed by atoms with Crippen LogP contribution in [0.1, 0.15) is 17.2 Å². The number of hydrogen-bond acceptors (Lipinski definition) is 2. The molecule has 3 nitrogen and oxygen atoms in total. The molecule has 0 aliphatic carbocycles. The Morgan fingerprint density at radius 2 is 1.74 bits per heavy atom. The van der Waals surface area contributed by atoms with E-state index < -0.39 is 23.8 Å². The fraction of sp³-hybridized carbons (Fsp3) is 0.188. The first-order valence-corrected chi connectivity index (χ1v) is 7.03. The van der Waals surface area contributed by atoms with Gasteiger partial charge in [0.1, 0.15) is 0 Å². The van der Waals surface area contributed by atoms with E-state index in [0.29, 0.717) is 10.6 Å². The number of hydrogen-bond donors (Lipinski definition) is 2.